The largest absolute Gasteiger partial charge is 0.659 e. The molecule has 8 aromatic rings. The van der Waals surface area contributed by atoms with Crippen LogP contribution < -0.4 is 21.9 Å². The molecule has 0 saturated heterocycles. The van der Waals surface area contributed by atoms with E-state index in [2.05, 4.69) is 241 Å². The molecule has 2 aliphatic heterocycles. The molecule has 0 spiro atoms. The van der Waals surface area contributed by atoms with Gasteiger partial charge in [-0.25, -0.2) is 0 Å². The second-order valence-electron chi connectivity index (χ2n) is 16.2. The minimum absolute atomic E-state index is 0.762. The summed E-state index contributed by atoms with van der Waals surface area (Å²) < 4.78 is 7.41. The molecule has 0 radical (unpaired) electrons. The van der Waals surface area contributed by atoms with Crippen molar-refractivity contribution in [2.24, 2.45) is 0 Å². The van der Waals surface area contributed by atoms with Gasteiger partial charge in [-0.1, -0.05) is 228 Å². The summed E-state index contributed by atoms with van der Waals surface area (Å²) >= 11 is 0. The van der Waals surface area contributed by atoms with Gasteiger partial charge in [0.15, 0.2) is 0 Å². The van der Waals surface area contributed by atoms with Gasteiger partial charge in [0.2, 0.25) is 0 Å². The Morgan fingerprint density at radius 2 is 0.586 bits per heavy atom. The molecule has 2 nitrogen and oxygen atoms in total. The molecule has 0 bridgehead atoms. The monoisotopic (exact) mass is 748 g/mol. The first kappa shape index (κ1) is 35.9. The first-order chi connectivity index (χ1) is 28.6. The maximum Gasteiger partial charge on any atom is 0.378 e. The molecular weight excluding hydrogens is 702 g/mol. The van der Waals surface area contributed by atoms with Gasteiger partial charge in [0.1, 0.15) is 13.2 Å². The van der Waals surface area contributed by atoms with E-state index in [0.717, 1.165) is 13.2 Å². The van der Waals surface area contributed by atoms with Crippen LogP contribution in [0.15, 0.2) is 218 Å². The highest BCUT2D eigenvalue weighted by molar-refractivity contribution is 7.13. The van der Waals surface area contributed by atoms with Crippen molar-refractivity contribution < 1.29 is 8.57 Å². The van der Waals surface area contributed by atoms with Crippen LogP contribution in [0.5, 0.6) is 0 Å². The van der Waals surface area contributed by atoms with Gasteiger partial charge in [0.05, 0.1) is 14.2 Å². The Morgan fingerprint density at radius 1 is 0.310 bits per heavy atom. The number of fused-ring (bicyclic) bond motifs is 1. The van der Waals surface area contributed by atoms with Crippen molar-refractivity contribution in [1.82, 2.24) is 0 Å². The molecule has 0 atom stereocenters. The molecule has 0 aromatic heterocycles. The van der Waals surface area contributed by atoms with E-state index in [9.17, 15) is 0 Å². The molecule has 0 amide bonds. The topological polar surface area (TPSA) is 5.40 Å². The van der Waals surface area contributed by atoms with Crippen LogP contribution in [-0.2, 0) is 8.57 Å². The third kappa shape index (κ3) is 5.67. The van der Waals surface area contributed by atoms with E-state index >= 15 is 0 Å². The molecule has 10 rings (SSSR count). The maximum absolute atomic E-state index is 3.71. The van der Waals surface area contributed by atoms with E-state index in [1.807, 2.05) is 0 Å². The summed E-state index contributed by atoms with van der Waals surface area (Å²) in [5, 5.41) is 2.48. The van der Waals surface area contributed by atoms with E-state index in [0.29, 0.717) is 0 Å². The van der Waals surface area contributed by atoms with Crippen LogP contribution >= 0.6 is 0 Å². The van der Waals surface area contributed by atoms with E-state index in [1.165, 1.54) is 77.0 Å². The molecule has 2 heterocycles. The smallest absolute Gasteiger partial charge is 0.378 e. The number of benzene rings is 8. The summed E-state index contributed by atoms with van der Waals surface area (Å²) in [5.41, 5.74) is 15.6. The fourth-order valence-electron chi connectivity index (χ4n) is 10.8. The molecule has 0 saturated carbocycles. The molecule has 280 valence electrons. The molecule has 8 aromatic carbocycles. The molecule has 0 fully saturated rings. The zero-order valence-electron chi connectivity index (χ0n) is 33.2. The molecule has 4 heteroatoms. The molecule has 2 aliphatic rings. The summed E-state index contributed by atoms with van der Waals surface area (Å²) in [6.45, 7) is 1.52. The third-order valence-electron chi connectivity index (χ3n) is 13.2. The highest BCUT2D eigenvalue weighted by Crippen LogP contribution is 2.46. The average Bonchev–Trinajstić information content (AvgIpc) is 3.79. The number of rotatable bonds is 8. The van der Waals surface area contributed by atoms with E-state index in [-0.39, 0.29) is 0 Å². The second kappa shape index (κ2) is 14.8. The Bertz CT molecular complexity index is 2510. The SMILES string of the molecule is C[O+]1CC(c2ccc3cc(C4=C(c5ccccc5)[B-](c5ccccc5)(c5ccccc5)[O+](C)C4)ccc3c2)=C(c2ccccc2)[B-]1(c1ccccc1)c1ccccc1. The lowest BCUT2D eigenvalue weighted by Crippen LogP contribution is -2.64. The lowest BCUT2D eigenvalue weighted by atomic mass is 9.27. The summed E-state index contributed by atoms with van der Waals surface area (Å²) in [7, 11) is 4.45. The van der Waals surface area contributed by atoms with Gasteiger partial charge in [-0.05, 0) is 34.0 Å². The Morgan fingerprint density at radius 3 is 0.879 bits per heavy atom. The van der Waals surface area contributed by atoms with Gasteiger partial charge >= 0.3 is 12.7 Å². The maximum atomic E-state index is 3.71. The number of hydrogen-bond acceptors (Lipinski definition) is 0. The van der Waals surface area contributed by atoms with E-state index in [4.69, 9.17) is 0 Å². The predicted molar refractivity (Wildman–Crippen MR) is 250 cm³/mol. The van der Waals surface area contributed by atoms with Crippen molar-refractivity contribution >= 4 is 67.4 Å². The summed E-state index contributed by atoms with van der Waals surface area (Å²) in [6, 6.07) is 80.5. The highest BCUT2D eigenvalue weighted by atomic mass is 16.6. The summed E-state index contributed by atoms with van der Waals surface area (Å²) in [5.74, 6) is 0. The van der Waals surface area contributed by atoms with Crippen molar-refractivity contribution in [3.63, 3.8) is 0 Å². The normalized spacial score (nSPS) is 16.7. The molecule has 0 unspecified atom stereocenters. The van der Waals surface area contributed by atoms with Gasteiger partial charge in [0.25, 0.3) is 0 Å². The zero-order chi connectivity index (χ0) is 39.1. The lowest BCUT2D eigenvalue weighted by Gasteiger charge is -2.43. The Balaban J connectivity index is 1.16. The third-order valence-corrected chi connectivity index (χ3v) is 13.2. The molecule has 0 aliphatic carbocycles. The van der Waals surface area contributed by atoms with Crippen LogP contribution in [0.25, 0.3) is 32.9 Å². The van der Waals surface area contributed by atoms with Crippen LogP contribution in [0.1, 0.15) is 22.3 Å². The van der Waals surface area contributed by atoms with Crippen molar-refractivity contribution in [2.75, 3.05) is 27.4 Å². The Hall–Kier alpha value is -6.45. The van der Waals surface area contributed by atoms with Crippen molar-refractivity contribution in [3.05, 3.63) is 241 Å². The van der Waals surface area contributed by atoms with Gasteiger partial charge in [-0.15, -0.1) is 21.9 Å². The van der Waals surface area contributed by atoms with Crippen molar-refractivity contribution in [3.8, 4) is 0 Å². The first-order valence-corrected chi connectivity index (χ1v) is 20.5. The van der Waals surface area contributed by atoms with Crippen molar-refractivity contribution in [1.29, 1.82) is 0 Å². The van der Waals surface area contributed by atoms with Crippen LogP contribution in [0.4, 0.5) is 0 Å². The first-order valence-electron chi connectivity index (χ1n) is 20.5. The number of hydrogen-bond donors (Lipinski definition) is 0. The van der Waals surface area contributed by atoms with Gasteiger partial charge in [-0.2, -0.15) is 0 Å². The fourth-order valence-corrected chi connectivity index (χ4v) is 10.8. The lowest BCUT2D eigenvalue weighted by molar-refractivity contribution is 0.0930. The minimum atomic E-state index is -1.51. The average molecular weight is 749 g/mol. The Labute approximate surface area is 342 Å². The fraction of sp³-hybridized carbons (Fsp3) is 0.0741. The van der Waals surface area contributed by atoms with Crippen molar-refractivity contribution in [2.45, 2.75) is 0 Å². The molecule has 0 N–H and O–H groups in total. The zero-order valence-corrected chi connectivity index (χ0v) is 33.2. The van der Waals surface area contributed by atoms with Crippen LogP contribution in [0.3, 0.4) is 0 Å². The quantitative estimate of drug-likeness (QED) is 0.108. The molecule has 58 heavy (non-hydrogen) atoms. The summed E-state index contributed by atoms with van der Waals surface area (Å²) in [4.78, 5) is 0. The summed E-state index contributed by atoms with van der Waals surface area (Å²) in [6.07, 6.45) is -3.03. The van der Waals surface area contributed by atoms with Crippen LogP contribution in [0, 0.1) is 0 Å². The Kier molecular flexibility index (Phi) is 9.17. The minimum Gasteiger partial charge on any atom is -0.659 e. The molecular formula is C54H46B2O2. The van der Waals surface area contributed by atoms with Crippen LogP contribution in [0.2, 0.25) is 0 Å². The van der Waals surface area contributed by atoms with Gasteiger partial charge < -0.3 is 8.57 Å². The van der Waals surface area contributed by atoms with E-state index in [1.54, 1.807) is 0 Å². The predicted octanol–water partition coefficient (Wildman–Crippen LogP) is 9.65. The van der Waals surface area contributed by atoms with Gasteiger partial charge in [0, 0.05) is 11.1 Å². The highest BCUT2D eigenvalue weighted by Gasteiger charge is 2.53. The standard InChI is InChI=1S/C54H46B2O2/c1-57-39-51(53(41-21-9-3-10-22-41)55(57,47-25-13-5-14-26-47)48-27-15-6-16-28-48)45-35-33-44-38-46(36-34-43(44)37-45)52-40-58(2)56(49-29-17-7-18-30-49,50-31-19-8-20-32-50)54(52)42-23-11-4-12-24-42/h3-38H,39-40H2,1-2H3. The van der Waals surface area contributed by atoms with Crippen LogP contribution in [-0.4, -0.2) is 40.1 Å². The second-order valence-corrected chi connectivity index (χ2v) is 16.2. The van der Waals surface area contributed by atoms with Gasteiger partial charge in [-0.3, -0.25) is 0 Å². The van der Waals surface area contributed by atoms with E-state index < -0.39 is 12.7 Å².